The lowest BCUT2D eigenvalue weighted by atomic mass is 10.2. The molecular weight excluding hydrogens is 1090 g/mol. The van der Waals surface area contributed by atoms with Gasteiger partial charge in [-0.05, 0) is 67.8 Å². The quantitative estimate of drug-likeness (QED) is 0.0163. The van der Waals surface area contributed by atoms with Gasteiger partial charge in [-0.15, -0.1) is 10.2 Å². The molecule has 0 aliphatic rings. The Kier molecular flexibility index (Phi) is 19.4. The minimum Gasteiger partial charge on any atom is -0.491 e. The fraction of sp³-hybridized carbons (Fsp3) is 0.270. The van der Waals surface area contributed by atoms with E-state index in [0.717, 1.165) is 12.1 Å². The third-order valence-corrected chi connectivity index (χ3v) is 13.5. The molecule has 25 nitrogen and oxygen atoms in total. The minimum atomic E-state index is -4.73. The number of rotatable bonds is 25. The number of hydrogen-bond acceptors (Lipinski definition) is 21. The maximum atomic E-state index is 11.8. The summed E-state index contributed by atoms with van der Waals surface area (Å²) in [6.45, 7) is 0.129. The highest BCUT2D eigenvalue weighted by molar-refractivity contribution is 7.86. The Morgan fingerprint density at radius 2 is 0.943 bits per heavy atom. The molecule has 0 radical (unpaired) electrons. The van der Waals surface area contributed by atoms with Crippen LogP contribution in [0.25, 0.3) is 0 Å². The maximum absolute atomic E-state index is 11.8. The number of halogens is 4. The topological polar surface area (TPSA) is 369 Å². The Balaban J connectivity index is 1.54. The van der Waals surface area contributed by atoms with E-state index in [2.05, 4.69) is 51.4 Å². The Bertz CT molecular complexity index is 3050. The molecule has 1 aromatic heterocycles. The predicted molar refractivity (Wildman–Crippen MR) is 258 cm³/mol. The molecule has 5 aromatic rings. The molecule has 1 heterocycles. The van der Waals surface area contributed by atoms with E-state index in [9.17, 15) is 51.9 Å². The van der Waals surface area contributed by atoms with Crippen LogP contribution >= 0.6 is 46.4 Å². The molecule has 5 rings (SSSR count). The van der Waals surface area contributed by atoms with E-state index < -0.39 is 61.8 Å². The van der Waals surface area contributed by atoms with Crippen LogP contribution in [-0.2, 0) is 45.2 Å². The third kappa shape index (κ3) is 17.6. The average molecular weight is 1130 g/mol. The van der Waals surface area contributed by atoms with Gasteiger partial charge in [0.05, 0.1) is 67.6 Å². The highest BCUT2D eigenvalue weighted by Crippen LogP contribution is 2.41. The van der Waals surface area contributed by atoms with Crippen molar-refractivity contribution < 1.29 is 66.1 Å². The molecule has 0 bridgehead atoms. The summed E-state index contributed by atoms with van der Waals surface area (Å²) in [5, 5.41) is 24.4. The number of aromatic nitrogens is 3. The summed E-state index contributed by atoms with van der Waals surface area (Å²) in [5.41, 5.74) is -0.0449. The number of benzene rings is 4. The van der Waals surface area contributed by atoms with Gasteiger partial charge in [0.15, 0.2) is 0 Å². The van der Waals surface area contributed by atoms with Gasteiger partial charge < -0.3 is 30.2 Å². The number of anilines is 5. The van der Waals surface area contributed by atoms with Crippen molar-refractivity contribution >= 4 is 139 Å². The van der Waals surface area contributed by atoms with Crippen LogP contribution in [0.2, 0.25) is 20.1 Å². The van der Waals surface area contributed by atoms with Gasteiger partial charge in [-0.3, -0.25) is 18.2 Å². The highest BCUT2D eigenvalue weighted by atomic mass is 35.5. The van der Waals surface area contributed by atoms with Gasteiger partial charge in [0, 0.05) is 32.4 Å². The summed E-state index contributed by atoms with van der Waals surface area (Å²) in [6, 6.07) is 12.1. The lowest BCUT2D eigenvalue weighted by Gasteiger charge is -2.17. The molecule has 0 unspecified atom stereocenters. The van der Waals surface area contributed by atoms with Crippen LogP contribution in [0.1, 0.15) is 19.3 Å². The van der Waals surface area contributed by atoms with Crippen LogP contribution in [-0.4, -0.2) is 112 Å². The zero-order valence-electron chi connectivity index (χ0n) is 35.7. The van der Waals surface area contributed by atoms with Crippen molar-refractivity contribution in [2.24, 2.45) is 20.5 Å². The van der Waals surface area contributed by atoms with Crippen LogP contribution < -0.4 is 25.4 Å². The van der Waals surface area contributed by atoms with Gasteiger partial charge in [0.1, 0.15) is 32.7 Å². The number of nitrogens with zero attached hydrogens (tertiary/aromatic N) is 7. The zero-order chi connectivity index (χ0) is 51.4. The Hall–Kier alpha value is -5.15. The van der Waals surface area contributed by atoms with Crippen LogP contribution in [0, 0.1) is 0 Å². The average Bonchev–Trinajstić information content (AvgIpc) is 3.25. The predicted octanol–water partition coefficient (Wildman–Crippen LogP) is 9.06. The van der Waals surface area contributed by atoms with Gasteiger partial charge in [-0.25, -0.2) is 0 Å². The molecule has 0 spiro atoms. The summed E-state index contributed by atoms with van der Waals surface area (Å²) in [4.78, 5) is 12.1. The largest absolute Gasteiger partial charge is 0.491 e. The van der Waals surface area contributed by atoms with Crippen molar-refractivity contribution in [3.63, 3.8) is 0 Å². The molecule has 0 fully saturated rings. The SMILES string of the molecule is COCCCNc1nc(Nc2cc(Cl)c(N=Nc3ccc(Cl)c(S(=O)(=O)O)c3)cc2OCCCS(=O)(=O)O)nc(Nc2cc(Cl)c(N=Nc3ccc(Cl)c(S(=O)(=O)O)c3)cc2OCCCS(=O)(=O)O)n1. The number of ether oxygens (including phenoxy) is 3. The normalized spacial score (nSPS) is 12.4. The molecule has 378 valence electrons. The molecule has 7 N–H and O–H groups in total. The van der Waals surface area contributed by atoms with Crippen LogP contribution in [0.4, 0.5) is 52.0 Å². The first-order valence-electron chi connectivity index (χ1n) is 19.5. The summed E-state index contributed by atoms with van der Waals surface area (Å²) in [7, 11) is -16.7. The fourth-order valence-corrected chi connectivity index (χ4v) is 8.83. The van der Waals surface area contributed by atoms with Crippen LogP contribution in [0.15, 0.2) is 90.9 Å². The van der Waals surface area contributed by atoms with E-state index in [1.807, 2.05) is 0 Å². The molecule has 33 heteroatoms. The fourth-order valence-electron chi connectivity index (χ4n) is 5.47. The summed E-state index contributed by atoms with van der Waals surface area (Å²) >= 11 is 25.1. The molecule has 0 atom stereocenters. The van der Waals surface area contributed by atoms with Gasteiger partial charge in [0.25, 0.3) is 40.5 Å². The van der Waals surface area contributed by atoms with Crippen molar-refractivity contribution in [2.75, 3.05) is 60.9 Å². The standard InChI is InChI=1S/C37H38Cl4N10O15S4/c1-64-10-2-9-42-35-45-36(43-29-17-25(40)27(19-31(29)65-11-3-13-67(52,53)54)50-48-21-5-7-23(38)33(15-21)69(58,59)60)47-37(46-35)44-30-18-26(41)28(20-32(30)66-12-4-14-68(55,56)57)51-49-22-6-8-24(39)34(16-22)70(61,62)63/h5-8,15-20H,2-4,9-14H2,1H3,(H,52,53,54)(H,55,56,57)(H,58,59,60)(H,61,62,63)(H3,42,43,44,45,46,47). The van der Waals surface area contributed by atoms with Crippen molar-refractivity contribution in [3.05, 3.63) is 80.8 Å². The highest BCUT2D eigenvalue weighted by Gasteiger charge is 2.20. The first-order valence-corrected chi connectivity index (χ1v) is 27.1. The first kappa shape index (κ1) is 55.8. The Labute approximate surface area is 420 Å². The molecule has 0 aliphatic carbocycles. The second-order valence-corrected chi connectivity index (χ2v) is 21.5. The van der Waals surface area contributed by atoms with E-state index in [0.29, 0.717) is 19.6 Å². The van der Waals surface area contributed by atoms with E-state index in [4.69, 9.17) is 60.6 Å². The second-order valence-electron chi connectivity index (χ2n) is 14.0. The lowest BCUT2D eigenvalue weighted by Crippen LogP contribution is -2.13. The maximum Gasteiger partial charge on any atom is 0.296 e. The monoisotopic (exact) mass is 1130 g/mol. The lowest BCUT2D eigenvalue weighted by molar-refractivity contribution is 0.197. The molecule has 0 saturated heterocycles. The van der Waals surface area contributed by atoms with Crippen LogP contribution in [0.3, 0.4) is 0 Å². The van der Waals surface area contributed by atoms with Crippen molar-refractivity contribution in [2.45, 2.75) is 29.1 Å². The minimum absolute atomic E-state index is 0.00478. The van der Waals surface area contributed by atoms with E-state index in [1.54, 1.807) is 0 Å². The summed E-state index contributed by atoms with van der Waals surface area (Å²) < 4.78 is 147. The van der Waals surface area contributed by atoms with E-state index in [-0.39, 0.29) is 110 Å². The van der Waals surface area contributed by atoms with E-state index in [1.165, 1.54) is 55.6 Å². The molecule has 0 aliphatic heterocycles. The number of nitrogens with one attached hydrogen (secondary N) is 3. The van der Waals surface area contributed by atoms with Gasteiger partial charge in [-0.1, -0.05) is 46.4 Å². The Morgan fingerprint density at radius 3 is 1.33 bits per heavy atom. The third-order valence-electron chi connectivity index (χ3n) is 8.57. The Morgan fingerprint density at radius 1 is 0.529 bits per heavy atom. The first-order chi connectivity index (χ1) is 32.8. The van der Waals surface area contributed by atoms with Gasteiger partial charge >= 0.3 is 0 Å². The smallest absolute Gasteiger partial charge is 0.296 e. The molecule has 4 aromatic carbocycles. The molecule has 70 heavy (non-hydrogen) atoms. The number of hydrogen-bond donors (Lipinski definition) is 7. The van der Waals surface area contributed by atoms with Crippen LogP contribution in [0.5, 0.6) is 11.5 Å². The number of azo groups is 2. The van der Waals surface area contributed by atoms with Crippen molar-refractivity contribution in [1.29, 1.82) is 0 Å². The van der Waals surface area contributed by atoms with E-state index >= 15 is 0 Å². The van der Waals surface area contributed by atoms with Crippen molar-refractivity contribution in [3.8, 4) is 11.5 Å². The molecule has 0 saturated carbocycles. The number of methoxy groups -OCH3 is 1. The van der Waals surface area contributed by atoms with Gasteiger partial charge in [0.2, 0.25) is 17.8 Å². The zero-order valence-corrected chi connectivity index (χ0v) is 42.0. The molecule has 0 amide bonds. The van der Waals surface area contributed by atoms with Crippen molar-refractivity contribution in [1.82, 2.24) is 15.0 Å². The second kappa shape index (κ2) is 24.3. The summed E-state index contributed by atoms with van der Waals surface area (Å²) in [6.07, 6.45) is 0.166. The van der Waals surface area contributed by atoms with Gasteiger partial charge in [-0.2, -0.15) is 58.9 Å². The molecular formula is C37H38Cl4N10O15S4. The summed E-state index contributed by atoms with van der Waals surface area (Å²) in [5.74, 6) is -1.70.